The van der Waals surface area contributed by atoms with Crippen molar-refractivity contribution >= 4 is 32.5 Å². The van der Waals surface area contributed by atoms with Gasteiger partial charge in [-0.1, -0.05) is 18.2 Å². The molecule has 1 fully saturated rings. The van der Waals surface area contributed by atoms with Crippen LogP contribution in [-0.2, 0) is 26.0 Å². The number of aromatic nitrogens is 2. The number of pyridine rings is 2. The van der Waals surface area contributed by atoms with E-state index in [4.69, 9.17) is 9.72 Å². The molecule has 1 aliphatic rings. The number of nitrogens with one attached hydrogen (secondary N) is 2. The van der Waals surface area contributed by atoms with Gasteiger partial charge in [-0.25, -0.2) is 18.1 Å². The number of rotatable bonds is 10. The first-order valence-electron chi connectivity index (χ1n) is 12.4. The van der Waals surface area contributed by atoms with Crippen molar-refractivity contribution in [3.63, 3.8) is 0 Å². The quantitative estimate of drug-likeness (QED) is 0.375. The summed E-state index contributed by atoms with van der Waals surface area (Å²) in [6.45, 7) is 5.63. The summed E-state index contributed by atoms with van der Waals surface area (Å²) in [6.07, 6.45) is 2.18. The van der Waals surface area contributed by atoms with Gasteiger partial charge in [0.05, 0.1) is 30.0 Å². The third-order valence-corrected chi connectivity index (χ3v) is 7.18. The highest BCUT2D eigenvalue weighted by Gasteiger charge is 2.24. The Balaban J connectivity index is 1.39. The number of amides is 1. The van der Waals surface area contributed by atoms with Crippen LogP contribution in [0.2, 0.25) is 0 Å². The van der Waals surface area contributed by atoms with Gasteiger partial charge in [-0.15, -0.1) is 0 Å². The van der Waals surface area contributed by atoms with Crippen molar-refractivity contribution in [2.24, 2.45) is 0 Å². The minimum Gasteiger partial charge on any atom is -0.372 e. The molecule has 1 amide bonds. The number of hydrogen-bond acceptors (Lipinski definition) is 7. The number of morpholine rings is 1. The predicted molar refractivity (Wildman–Crippen MR) is 141 cm³/mol. The van der Waals surface area contributed by atoms with Crippen LogP contribution in [0.15, 0.2) is 48.7 Å². The molecule has 2 aromatic heterocycles. The van der Waals surface area contributed by atoms with Gasteiger partial charge >= 0.3 is 5.76 Å². The third kappa shape index (κ3) is 7.21. The van der Waals surface area contributed by atoms with Crippen molar-refractivity contribution in [3.8, 4) is 11.3 Å². The van der Waals surface area contributed by atoms with Crippen molar-refractivity contribution in [2.75, 3.05) is 31.1 Å². The van der Waals surface area contributed by atoms with Gasteiger partial charge in [0.2, 0.25) is 5.91 Å². The molecule has 1 saturated heterocycles. The van der Waals surface area contributed by atoms with Crippen LogP contribution in [-0.4, -0.2) is 68.4 Å². The number of sulfonamides is 1. The first-order valence-corrected chi connectivity index (χ1v) is 14.0. The minimum absolute atomic E-state index is 0.0318. The summed E-state index contributed by atoms with van der Waals surface area (Å²) in [5, 5.41) is 4.50. The maximum Gasteiger partial charge on any atom is 0.350 e. The van der Waals surface area contributed by atoms with Gasteiger partial charge in [-0.3, -0.25) is 9.78 Å². The van der Waals surface area contributed by atoms with Gasteiger partial charge in [-0.05, 0) is 49.9 Å². The van der Waals surface area contributed by atoms with E-state index in [0.29, 0.717) is 5.69 Å². The van der Waals surface area contributed by atoms with E-state index in [9.17, 15) is 22.0 Å². The lowest BCUT2D eigenvalue weighted by molar-refractivity contribution is -0.120. The van der Waals surface area contributed by atoms with Crippen molar-refractivity contribution in [3.05, 3.63) is 54.4 Å². The van der Waals surface area contributed by atoms with Crippen LogP contribution in [0.3, 0.4) is 0 Å². The molecular formula is C26H31F2N5O4S. The maximum absolute atomic E-state index is 12.3. The molecule has 2 atom stereocenters. The van der Waals surface area contributed by atoms with Crippen LogP contribution in [0, 0.1) is 0 Å². The van der Waals surface area contributed by atoms with E-state index in [1.54, 1.807) is 10.9 Å². The molecule has 0 unspecified atom stereocenters. The average molecular weight is 548 g/mol. The number of anilines is 1. The first-order chi connectivity index (χ1) is 18.1. The topological polar surface area (TPSA) is 114 Å². The number of benzene rings is 1. The second kappa shape index (κ2) is 12.1. The molecule has 3 heterocycles. The second-order valence-corrected chi connectivity index (χ2v) is 11.1. The fraction of sp³-hybridized carbons (Fsp3) is 0.423. The Labute approximate surface area is 220 Å². The Bertz CT molecular complexity index is 1380. The van der Waals surface area contributed by atoms with E-state index in [2.05, 4.69) is 29.0 Å². The van der Waals surface area contributed by atoms with E-state index in [1.165, 1.54) is 0 Å². The Kier molecular flexibility index (Phi) is 8.85. The number of fused-ring (bicyclic) bond motifs is 1. The van der Waals surface area contributed by atoms with Gasteiger partial charge in [0.1, 0.15) is 5.82 Å². The molecule has 0 spiro atoms. The molecular weight excluding hydrogens is 516 g/mol. The number of nitrogens with zero attached hydrogens (tertiary/aromatic N) is 3. The molecule has 12 heteroatoms. The summed E-state index contributed by atoms with van der Waals surface area (Å²) in [5.41, 5.74) is 2.36. The number of carbonyl (C=O) groups excluding carboxylic acids is 1. The normalized spacial score (nSPS) is 18.2. The van der Waals surface area contributed by atoms with Crippen molar-refractivity contribution in [1.29, 1.82) is 0 Å². The van der Waals surface area contributed by atoms with Gasteiger partial charge in [-0.2, -0.15) is 8.78 Å². The number of alkyl halides is 2. The summed E-state index contributed by atoms with van der Waals surface area (Å²) in [6, 6.07) is 13.8. The lowest BCUT2D eigenvalue weighted by atomic mass is 10.0. The summed E-state index contributed by atoms with van der Waals surface area (Å²) < 4.78 is 54.3. The second-order valence-electron chi connectivity index (χ2n) is 9.36. The molecule has 204 valence electrons. The molecule has 2 N–H and O–H groups in total. The molecule has 0 bridgehead atoms. The van der Waals surface area contributed by atoms with Crippen molar-refractivity contribution in [2.45, 2.75) is 44.7 Å². The van der Waals surface area contributed by atoms with Gasteiger partial charge in [0.25, 0.3) is 10.0 Å². The SMILES string of the molecule is C[C@@H]1CN(c2cccc(-c3ccc4cnc(CC(=O)NCCCNS(=O)(=O)C(F)F)cc4c3)n2)C[C@H](C)O1. The Morgan fingerprint density at radius 3 is 2.61 bits per heavy atom. The molecule has 0 saturated carbocycles. The lowest BCUT2D eigenvalue weighted by Gasteiger charge is -2.36. The van der Waals surface area contributed by atoms with Crippen LogP contribution >= 0.6 is 0 Å². The zero-order valence-electron chi connectivity index (χ0n) is 21.2. The van der Waals surface area contributed by atoms with Crippen LogP contribution in [0.25, 0.3) is 22.0 Å². The van der Waals surface area contributed by atoms with Crippen molar-refractivity contribution < 1.29 is 26.7 Å². The molecule has 38 heavy (non-hydrogen) atoms. The summed E-state index contributed by atoms with van der Waals surface area (Å²) >= 11 is 0. The predicted octanol–water partition coefficient (Wildman–Crippen LogP) is 3.10. The molecule has 1 aliphatic heterocycles. The van der Waals surface area contributed by atoms with Gasteiger partial charge < -0.3 is 15.0 Å². The standard InChI is InChI=1S/C26H31F2N5O4S/c1-17-15-33(16-18(2)37-17)24-6-3-5-23(32-24)19-7-8-20-14-30-22(12-21(20)11-19)13-25(34)29-9-4-10-31-38(35,36)26(27)28/h3,5-8,11-12,14,17-18,26,31H,4,9-10,13,15-16H2,1-2H3,(H,29,34)/t17-,18+. The highest BCUT2D eigenvalue weighted by atomic mass is 32.2. The molecule has 1 aromatic carbocycles. The first kappa shape index (κ1) is 27.8. The van der Waals surface area contributed by atoms with Crippen LogP contribution in [0.1, 0.15) is 26.0 Å². The molecule has 0 aliphatic carbocycles. The van der Waals surface area contributed by atoms with Crippen LogP contribution in [0.5, 0.6) is 0 Å². The van der Waals surface area contributed by atoms with Gasteiger partial charge in [0, 0.05) is 43.3 Å². The minimum atomic E-state index is -4.62. The maximum atomic E-state index is 12.3. The van der Waals surface area contributed by atoms with E-state index >= 15 is 0 Å². The molecule has 0 radical (unpaired) electrons. The van der Waals surface area contributed by atoms with E-state index in [1.807, 2.05) is 42.5 Å². The van der Waals surface area contributed by atoms with Crippen molar-refractivity contribution in [1.82, 2.24) is 20.0 Å². The molecule has 3 aromatic rings. The Hall–Kier alpha value is -3.22. The fourth-order valence-corrected chi connectivity index (χ4v) is 4.94. The lowest BCUT2D eigenvalue weighted by Crippen LogP contribution is -2.45. The van der Waals surface area contributed by atoms with E-state index in [-0.39, 0.29) is 44.0 Å². The summed E-state index contributed by atoms with van der Waals surface area (Å²) in [5.74, 6) is -2.87. The highest BCUT2D eigenvalue weighted by molar-refractivity contribution is 7.89. The smallest absolute Gasteiger partial charge is 0.350 e. The number of ether oxygens (including phenoxy) is 1. The average Bonchev–Trinajstić information content (AvgIpc) is 2.87. The van der Waals surface area contributed by atoms with E-state index in [0.717, 1.165) is 40.9 Å². The largest absolute Gasteiger partial charge is 0.372 e. The summed E-state index contributed by atoms with van der Waals surface area (Å²) in [4.78, 5) is 23.8. The Morgan fingerprint density at radius 2 is 1.87 bits per heavy atom. The summed E-state index contributed by atoms with van der Waals surface area (Å²) in [7, 11) is -4.62. The van der Waals surface area contributed by atoms with Crippen LogP contribution < -0.4 is 14.9 Å². The van der Waals surface area contributed by atoms with Crippen LogP contribution in [0.4, 0.5) is 14.6 Å². The van der Waals surface area contributed by atoms with Gasteiger partial charge in [0.15, 0.2) is 0 Å². The third-order valence-electron chi connectivity index (χ3n) is 6.11. The molecule has 9 nitrogen and oxygen atoms in total. The Morgan fingerprint density at radius 1 is 1.11 bits per heavy atom. The molecule has 4 rings (SSSR count). The van der Waals surface area contributed by atoms with E-state index < -0.39 is 15.8 Å². The highest BCUT2D eigenvalue weighted by Crippen LogP contribution is 2.26. The number of hydrogen-bond donors (Lipinski definition) is 2. The number of halogens is 2. The monoisotopic (exact) mass is 547 g/mol. The zero-order chi connectivity index (χ0) is 27.3. The zero-order valence-corrected chi connectivity index (χ0v) is 22.0. The fourth-order valence-electron chi connectivity index (χ4n) is 4.39. The number of carbonyl (C=O) groups is 1.